The maximum absolute atomic E-state index is 11.0. The fourth-order valence-electron chi connectivity index (χ4n) is 3.30. The van der Waals surface area contributed by atoms with Crippen molar-refractivity contribution in [2.24, 2.45) is 0 Å². The second-order valence-electron chi connectivity index (χ2n) is 6.60. The highest BCUT2D eigenvalue weighted by atomic mass is 32.2. The molecule has 2 N–H and O–H groups in total. The maximum Gasteiger partial charge on any atom is 0.264 e. The number of ether oxygens (including phenoxy) is 1. The number of nitrogens with zero attached hydrogens (tertiary/aromatic N) is 1. The van der Waals surface area contributed by atoms with E-state index in [1.165, 1.54) is 0 Å². The first-order valence-electron chi connectivity index (χ1n) is 9.61. The zero-order chi connectivity index (χ0) is 20.6. The third kappa shape index (κ3) is 6.14. The molecule has 0 aliphatic rings. The number of hydrogen-bond acceptors (Lipinski definition) is 5. The molecule has 0 radical (unpaired) electrons. The first-order valence-corrected chi connectivity index (χ1v) is 11.2. The van der Waals surface area contributed by atoms with Gasteiger partial charge in [0.25, 0.3) is 10.1 Å². The number of nitrogens with one attached hydrogen (secondary N) is 1. The summed E-state index contributed by atoms with van der Waals surface area (Å²) in [5, 5.41) is 3.41. The molecule has 0 bridgehead atoms. The molecule has 0 atom stereocenters. The van der Waals surface area contributed by atoms with E-state index in [-0.39, 0.29) is 5.75 Å². The lowest BCUT2D eigenvalue weighted by Crippen LogP contribution is -2.27. The molecule has 0 spiro atoms. The van der Waals surface area contributed by atoms with Crippen LogP contribution in [-0.4, -0.2) is 38.9 Å². The van der Waals surface area contributed by atoms with Crippen molar-refractivity contribution in [1.29, 1.82) is 0 Å². The van der Waals surface area contributed by atoms with Crippen molar-refractivity contribution in [3.05, 3.63) is 48.0 Å². The van der Waals surface area contributed by atoms with Crippen molar-refractivity contribution in [3.63, 3.8) is 0 Å². The Morgan fingerprint density at radius 1 is 1.11 bits per heavy atom. The third-order valence-corrected chi connectivity index (χ3v) is 5.35. The number of para-hydroxylation sites is 1. The minimum atomic E-state index is -3.95. The molecule has 2 aromatic carbocycles. The summed E-state index contributed by atoms with van der Waals surface area (Å²) < 4.78 is 36.8. The molecule has 154 valence electrons. The highest BCUT2D eigenvalue weighted by Crippen LogP contribution is 2.38. The van der Waals surface area contributed by atoms with E-state index in [0.29, 0.717) is 13.0 Å². The lowest BCUT2D eigenvalue weighted by atomic mass is 10.0. The molecule has 28 heavy (non-hydrogen) atoms. The Morgan fingerprint density at radius 3 is 2.39 bits per heavy atom. The van der Waals surface area contributed by atoms with Gasteiger partial charge in [0.2, 0.25) is 0 Å². The van der Waals surface area contributed by atoms with Crippen LogP contribution in [0.15, 0.2) is 42.5 Å². The van der Waals surface area contributed by atoms with Crippen LogP contribution in [-0.2, 0) is 16.5 Å². The van der Waals surface area contributed by atoms with Crippen LogP contribution in [0.4, 0.5) is 17.1 Å². The highest BCUT2D eigenvalue weighted by molar-refractivity contribution is 7.85. The van der Waals surface area contributed by atoms with E-state index in [2.05, 4.69) is 23.2 Å². The molecule has 0 aliphatic heterocycles. The van der Waals surface area contributed by atoms with Gasteiger partial charge < -0.3 is 15.0 Å². The minimum absolute atomic E-state index is 0.239. The van der Waals surface area contributed by atoms with E-state index in [1.807, 2.05) is 43.3 Å². The molecule has 0 saturated carbocycles. The van der Waals surface area contributed by atoms with Crippen LogP contribution >= 0.6 is 0 Å². The molecule has 0 aliphatic carbocycles. The fraction of sp³-hybridized carbons (Fsp3) is 0.429. The molecule has 0 unspecified atom stereocenters. The maximum atomic E-state index is 11.0. The van der Waals surface area contributed by atoms with Crippen molar-refractivity contribution in [3.8, 4) is 5.75 Å². The van der Waals surface area contributed by atoms with Crippen LogP contribution in [0.2, 0.25) is 0 Å². The van der Waals surface area contributed by atoms with Gasteiger partial charge in [-0.1, -0.05) is 31.5 Å². The van der Waals surface area contributed by atoms with E-state index in [4.69, 9.17) is 9.29 Å². The summed E-state index contributed by atoms with van der Waals surface area (Å²) in [5.74, 6) is 0.564. The van der Waals surface area contributed by atoms with Crippen LogP contribution in [0.25, 0.3) is 0 Å². The lowest BCUT2D eigenvalue weighted by molar-refractivity contribution is 0.411. The molecule has 0 heterocycles. The number of methoxy groups -OCH3 is 1. The lowest BCUT2D eigenvalue weighted by Gasteiger charge is -2.28. The van der Waals surface area contributed by atoms with Crippen molar-refractivity contribution in [2.75, 3.05) is 36.2 Å². The number of hydrogen-bond donors (Lipinski definition) is 2. The number of benzene rings is 2. The van der Waals surface area contributed by atoms with Gasteiger partial charge in [0.15, 0.2) is 0 Å². The van der Waals surface area contributed by atoms with Crippen molar-refractivity contribution < 1.29 is 17.7 Å². The van der Waals surface area contributed by atoms with Crippen molar-refractivity contribution >= 4 is 27.2 Å². The Morgan fingerprint density at radius 2 is 1.82 bits per heavy atom. The molecule has 2 aromatic rings. The molecule has 0 aromatic heterocycles. The van der Waals surface area contributed by atoms with E-state index >= 15 is 0 Å². The highest BCUT2D eigenvalue weighted by Gasteiger charge is 2.18. The largest absolute Gasteiger partial charge is 0.494 e. The van der Waals surface area contributed by atoms with Gasteiger partial charge in [0, 0.05) is 30.0 Å². The van der Waals surface area contributed by atoms with Gasteiger partial charge in [-0.25, -0.2) is 0 Å². The smallest absolute Gasteiger partial charge is 0.264 e. The average molecular weight is 407 g/mol. The van der Waals surface area contributed by atoms with Crippen LogP contribution < -0.4 is 15.0 Å². The fourth-order valence-corrected chi connectivity index (χ4v) is 3.79. The molecule has 6 nitrogen and oxygen atoms in total. The third-order valence-electron chi connectivity index (χ3n) is 4.55. The van der Waals surface area contributed by atoms with Crippen molar-refractivity contribution in [1.82, 2.24) is 0 Å². The van der Waals surface area contributed by atoms with Gasteiger partial charge in [-0.3, -0.25) is 4.55 Å². The zero-order valence-electron chi connectivity index (χ0n) is 16.8. The summed E-state index contributed by atoms with van der Waals surface area (Å²) in [7, 11) is -2.28. The minimum Gasteiger partial charge on any atom is -0.494 e. The Kier molecular flexibility index (Phi) is 8.14. The molecule has 2 rings (SSSR count). The van der Waals surface area contributed by atoms with Gasteiger partial charge in [-0.2, -0.15) is 8.42 Å². The number of anilines is 3. The molecule has 0 fully saturated rings. The predicted octanol–water partition coefficient (Wildman–Crippen LogP) is 4.50. The number of rotatable bonds is 11. The van der Waals surface area contributed by atoms with Gasteiger partial charge in [-0.15, -0.1) is 0 Å². The quantitative estimate of drug-likeness (QED) is 0.535. The predicted molar refractivity (Wildman–Crippen MR) is 116 cm³/mol. The first kappa shape index (κ1) is 22.0. The zero-order valence-corrected chi connectivity index (χ0v) is 17.6. The second kappa shape index (κ2) is 10.3. The first-order chi connectivity index (χ1) is 13.4. The summed E-state index contributed by atoms with van der Waals surface area (Å²) in [6.07, 6.45) is 2.17. The summed E-state index contributed by atoms with van der Waals surface area (Å²) in [4.78, 5) is 2.13. The van der Waals surface area contributed by atoms with E-state index < -0.39 is 10.1 Å². The monoisotopic (exact) mass is 406 g/mol. The summed E-state index contributed by atoms with van der Waals surface area (Å²) in [6.45, 7) is 5.43. The summed E-state index contributed by atoms with van der Waals surface area (Å²) in [6, 6.07) is 14.0. The van der Waals surface area contributed by atoms with Gasteiger partial charge >= 0.3 is 0 Å². The van der Waals surface area contributed by atoms with Gasteiger partial charge in [0.05, 0.1) is 18.6 Å². The molecular formula is C21H30N2O4S. The van der Waals surface area contributed by atoms with Crippen LogP contribution in [0.5, 0.6) is 5.75 Å². The Labute approximate surface area is 168 Å². The Balaban J connectivity index is 2.35. The van der Waals surface area contributed by atoms with Gasteiger partial charge in [-0.05, 0) is 44.0 Å². The second-order valence-corrected chi connectivity index (χ2v) is 8.18. The normalized spacial score (nSPS) is 11.3. The van der Waals surface area contributed by atoms with E-state index in [9.17, 15) is 8.42 Å². The SMILES string of the molecule is CCCc1c(N(CC)CCCS(=O)(=O)O)ccc(Nc2ccccc2)c1OC. The molecular weight excluding hydrogens is 376 g/mol. The Bertz CT molecular complexity index is 854. The summed E-state index contributed by atoms with van der Waals surface area (Å²) in [5.41, 5.74) is 4.01. The van der Waals surface area contributed by atoms with Crippen LogP contribution in [0, 0.1) is 0 Å². The Hall–Kier alpha value is -2.25. The van der Waals surface area contributed by atoms with E-state index in [1.54, 1.807) is 7.11 Å². The molecule has 0 amide bonds. The molecule has 7 heteroatoms. The standard InChI is InChI=1S/C21H30N2O4S/c1-4-10-18-20(23(5-2)15-9-16-28(24,25)26)14-13-19(21(18)27-3)22-17-11-7-6-8-12-17/h6-8,11-14,22H,4-5,9-10,15-16H2,1-3H3,(H,24,25,26). The van der Waals surface area contributed by atoms with Crippen LogP contribution in [0.1, 0.15) is 32.3 Å². The average Bonchev–Trinajstić information content (AvgIpc) is 2.66. The van der Waals surface area contributed by atoms with Crippen molar-refractivity contribution in [2.45, 2.75) is 33.1 Å². The van der Waals surface area contributed by atoms with E-state index in [0.717, 1.165) is 47.8 Å². The van der Waals surface area contributed by atoms with Crippen LogP contribution in [0.3, 0.4) is 0 Å². The summed E-state index contributed by atoms with van der Waals surface area (Å²) >= 11 is 0. The van der Waals surface area contributed by atoms with Gasteiger partial charge in [0.1, 0.15) is 5.75 Å². The molecule has 0 saturated heterocycles. The topological polar surface area (TPSA) is 78.9 Å².